The van der Waals surface area contributed by atoms with Gasteiger partial charge in [0.05, 0.1) is 11.7 Å². The first-order valence-corrected chi connectivity index (χ1v) is 16.5. The Morgan fingerprint density at radius 3 is 2.18 bits per heavy atom. The van der Waals surface area contributed by atoms with Gasteiger partial charge >= 0.3 is 0 Å². The van der Waals surface area contributed by atoms with Gasteiger partial charge in [0.15, 0.2) is 0 Å². The third kappa shape index (κ3) is 4.05. The molecule has 1 aromatic heterocycles. The highest BCUT2D eigenvalue weighted by atomic mass is 32.1. The van der Waals surface area contributed by atoms with Crippen LogP contribution in [0.1, 0.15) is 80.5 Å². The minimum atomic E-state index is -0.0381. The molecule has 0 N–H and O–H groups in total. The molecular weight excluding hydrogens is 553 g/mol. The average molecular weight is 591 g/mol. The number of rotatable bonds is 2. The zero-order chi connectivity index (χ0) is 30.5. The number of fused-ring (bicyclic) bond motifs is 9. The first-order valence-electron chi connectivity index (χ1n) is 15.8. The Balaban J connectivity index is 1.28. The minimum absolute atomic E-state index is 0.0381. The van der Waals surface area contributed by atoms with Crippen LogP contribution in [-0.4, -0.2) is 8.75 Å². The molecule has 6 aromatic rings. The molecule has 2 aliphatic carbocycles. The van der Waals surface area contributed by atoms with Gasteiger partial charge in [0.25, 0.3) is 0 Å². The van der Waals surface area contributed by atoms with E-state index in [9.17, 15) is 0 Å². The van der Waals surface area contributed by atoms with Crippen LogP contribution in [0.15, 0.2) is 78.9 Å². The van der Waals surface area contributed by atoms with Crippen LogP contribution in [0.4, 0.5) is 0 Å². The normalized spacial score (nSPS) is 17.0. The third-order valence-corrected chi connectivity index (χ3v) is 10.8. The van der Waals surface area contributed by atoms with Crippen LogP contribution in [0.25, 0.3) is 55.7 Å². The van der Waals surface area contributed by atoms with Gasteiger partial charge in [-0.1, -0.05) is 108 Å². The molecule has 8 rings (SSSR count). The van der Waals surface area contributed by atoms with Crippen molar-refractivity contribution >= 4 is 45.2 Å². The average Bonchev–Trinajstić information content (AvgIpc) is 3.58. The lowest BCUT2D eigenvalue weighted by Crippen LogP contribution is -2.15. The monoisotopic (exact) mass is 590 g/mol. The molecule has 5 aromatic carbocycles. The van der Waals surface area contributed by atoms with E-state index in [2.05, 4.69) is 133 Å². The SMILES string of the molecule is Cc1ccc2c3c(c4nsnc4c2c1)C=C(c1ccc2c(c1)-c1cc(-c4cccc(C(C)(C)C)c4)ccc1C2(C)C)C(C)C3. The Hall–Kier alpha value is -4.08. The molecule has 0 spiro atoms. The van der Waals surface area contributed by atoms with E-state index in [0.29, 0.717) is 5.92 Å². The molecule has 1 heterocycles. The smallest absolute Gasteiger partial charge is 0.113 e. The van der Waals surface area contributed by atoms with E-state index in [1.807, 2.05) is 0 Å². The second-order valence-corrected chi connectivity index (χ2v) is 15.1. The quantitative estimate of drug-likeness (QED) is 0.200. The summed E-state index contributed by atoms with van der Waals surface area (Å²) in [6, 6.07) is 30.2. The molecular formula is C41H38N2S. The van der Waals surface area contributed by atoms with Gasteiger partial charge in [0.2, 0.25) is 0 Å². The van der Waals surface area contributed by atoms with Gasteiger partial charge in [-0.2, -0.15) is 8.75 Å². The zero-order valence-electron chi connectivity index (χ0n) is 26.7. The summed E-state index contributed by atoms with van der Waals surface area (Å²) in [5.41, 5.74) is 18.3. The van der Waals surface area contributed by atoms with E-state index in [0.717, 1.165) is 17.5 Å². The molecule has 3 heteroatoms. The number of benzene rings is 5. The van der Waals surface area contributed by atoms with Gasteiger partial charge in [0, 0.05) is 16.4 Å². The predicted molar refractivity (Wildman–Crippen MR) is 189 cm³/mol. The highest BCUT2D eigenvalue weighted by molar-refractivity contribution is 7.00. The van der Waals surface area contributed by atoms with Crippen molar-refractivity contribution in [2.24, 2.45) is 5.92 Å². The molecule has 0 amide bonds. The first kappa shape index (κ1) is 27.5. The fraction of sp³-hybridized carbons (Fsp3) is 0.268. The van der Waals surface area contributed by atoms with E-state index < -0.39 is 0 Å². The molecule has 2 aliphatic rings. The van der Waals surface area contributed by atoms with Gasteiger partial charge in [-0.3, -0.25) is 0 Å². The minimum Gasteiger partial charge on any atom is -0.172 e. The van der Waals surface area contributed by atoms with Crippen molar-refractivity contribution in [3.8, 4) is 22.3 Å². The van der Waals surface area contributed by atoms with E-state index in [1.165, 1.54) is 89.3 Å². The van der Waals surface area contributed by atoms with Crippen LogP contribution in [0.5, 0.6) is 0 Å². The van der Waals surface area contributed by atoms with Crippen molar-refractivity contribution in [1.29, 1.82) is 0 Å². The van der Waals surface area contributed by atoms with Crippen LogP contribution in [-0.2, 0) is 17.3 Å². The van der Waals surface area contributed by atoms with Crippen molar-refractivity contribution < 1.29 is 0 Å². The summed E-state index contributed by atoms with van der Waals surface area (Å²) in [5.74, 6) is 0.398. The molecule has 1 unspecified atom stereocenters. The van der Waals surface area contributed by atoms with Crippen LogP contribution in [0.3, 0.4) is 0 Å². The Morgan fingerprint density at radius 2 is 1.43 bits per heavy atom. The summed E-state index contributed by atoms with van der Waals surface area (Å²) in [6.07, 6.45) is 3.42. The fourth-order valence-electron chi connectivity index (χ4n) is 7.70. The summed E-state index contributed by atoms with van der Waals surface area (Å²) in [6.45, 7) is 16.1. The van der Waals surface area contributed by atoms with Crippen molar-refractivity contribution in [2.45, 2.75) is 65.7 Å². The van der Waals surface area contributed by atoms with Crippen molar-refractivity contribution in [3.63, 3.8) is 0 Å². The summed E-state index contributed by atoms with van der Waals surface area (Å²) in [5, 5.41) is 2.55. The maximum absolute atomic E-state index is 4.82. The molecule has 44 heavy (non-hydrogen) atoms. The van der Waals surface area contributed by atoms with E-state index >= 15 is 0 Å². The summed E-state index contributed by atoms with van der Waals surface area (Å²) in [4.78, 5) is 0. The number of aryl methyl sites for hydroxylation is 1. The fourth-order valence-corrected chi connectivity index (χ4v) is 8.27. The van der Waals surface area contributed by atoms with Gasteiger partial charge < -0.3 is 0 Å². The number of allylic oxidation sites excluding steroid dienone is 1. The van der Waals surface area contributed by atoms with Crippen LogP contribution >= 0.6 is 11.7 Å². The van der Waals surface area contributed by atoms with Crippen molar-refractivity contribution in [3.05, 3.63) is 118 Å². The maximum atomic E-state index is 4.82. The highest BCUT2D eigenvalue weighted by Gasteiger charge is 2.36. The van der Waals surface area contributed by atoms with Crippen molar-refractivity contribution in [1.82, 2.24) is 8.75 Å². The molecule has 0 bridgehead atoms. The molecule has 218 valence electrons. The van der Waals surface area contributed by atoms with Gasteiger partial charge in [0.1, 0.15) is 11.0 Å². The maximum Gasteiger partial charge on any atom is 0.113 e. The lowest BCUT2D eigenvalue weighted by molar-refractivity contribution is 0.590. The molecule has 0 radical (unpaired) electrons. The van der Waals surface area contributed by atoms with Gasteiger partial charge in [-0.05, 0) is 110 Å². The number of hydrogen-bond donors (Lipinski definition) is 0. The summed E-state index contributed by atoms with van der Waals surface area (Å²) < 4.78 is 9.57. The molecule has 2 nitrogen and oxygen atoms in total. The number of aromatic nitrogens is 2. The lowest BCUT2D eigenvalue weighted by atomic mass is 9.78. The Bertz CT molecular complexity index is 2190. The van der Waals surface area contributed by atoms with Crippen LogP contribution in [0, 0.1) is 12.8 Å². The van der Waals surface area contributed by atoms with Gasteiger partial charge in [-0.15, -0.1) is 0 Å². The first-order chi connectivity index (χ1) is 21.0. The Kier molecular flexibility index (Phi) is 5.90. The number of hydrogen-bond acceptors (Lipinski definition) is 3. The zero-order valence-corrected chi connectivity index (χ0v) is 27.5. The van der Waals surface area contributed by atoms with Gasteiger partial charge in [-0.25, -0.2) is 0 Å². The van der Waals surface area contributed by atoms with E-state index in [4.69, 9.17) is 8.75 Å². The van der Waals surface area contributed by atoms with E-state index in [-0.39, 0.29) is 10.8 Å². The molecule has 0 saturated carbocycles. The largest absolute Gasteiger partial charge is 0.172 e. The van der Waals surface area contributed by atoms with Crippen LogP contribution < -0.4 is 0 Å². The standard InChI is InChI=1S/C41H38N2S/c1-23-11-14-29-31-18-24(2)30(22-35(31)39-38(34(29)17-23)42-44-43-39)27-13-16-37-33(21-27)32-20-26(12-15-36(32)41(37,6)7)25-9-8-10-28(19-25)40(3,4)5/h8-17,19-22,24H,18H2,1-7H3. The third-order valence-electron chi connectivity index (χ3n) is 10.2. The van der Waals surface area contributed by atoms with Crippen LogP contribution in [0.2, 0.25) is 0 Å². The molecule has 0 fully saturated rings. The second-order valence-electron chi connectivity index (χ2n) is 14.6. The molecule has 1 atom stereocenters. The summed E-state index contributed by atoms with van der Waals surface area (Å²) in [7, 11) is 0. The second kappa shape index (κ2) is 9.46. The Labute approximate surface area is 264 Å². The Morgan fingerprint density at radius 1 is 0.750 bits per heavy atom. The van der Waals surface area contributed by atoms with Crippen molar-refractivity contribution in [2.75, 3.05) is 0 Å². The molecule has 0 aliphatic heterocycles. The predicted octanol–water partition coefficient (Wildman–Crippen LogP) is 11.2. The summed E-state index contributed by atoms with van der Waals surface area (Å²) >= 11 is 1.32. The lowest BCUT2D eigenvalue weighted by Gasteiger charge is -2.26. The number of nitrogens with zero attached hydrogens (tertiary/aromatic N) is 2. The highest BCUT2D eigenvalue weighted by Crippen LogP contribution is 2.51. The van der Waals surface area contributed by atoms with E-state index in [1.54, 1.807) is 0 Å². The topological polar surface area (TPSA) is 25.8 Å². The molecule has 0 saturated heterocycles.